The van der Waals surface area contributed by atoms with Gasteiger partial charge in [0.25, 0.3) is 0 Å². The SMILES string of the molecule is CNCC(Cc1ccccc1)Cc1cccc(Cl)c1. The van der Waals surface area contributed by atoms with E-state index in [0.29, 0.717) is 5.92 Å². The monoisotopic (exact) mass is 273 g/mol. The Balaban J connectivity index is 2.04. The number of benzene rings is 2. The lowest BCUT2D eigenvalue weighted by Gasteiger charge is -2.17. The van der Waals surface area contributed by atoms with Crippen molar-refractivity contribution in [2.45, 2.75) is 12.8 Å². The summed E-state index contributed by atoms with van der Waals surface area (Å²) in [5.74, 6) is 0.589. The summed E-state index contributed by atoms with van der Waals surface area (Å²) in [5.41, 5.74) is 2.70. The molecule has 0 aliphatic heterocycles. The molecule has 19 heavy (non-hydrogen) atoms. The van der Waals surface area contributed by atoms with Crippen molar-refractivity contribution in [3.05, 3.63) is 70.7 Å². The minimum atomic E-state index is 0.589. The van der Waals surface area contributed by atoms with Crippen molar-refractivity contribution in [1.82, 2.24) is 5.32 Å². The Bertz CT molecular complexity index is 496. The zero-order chi connectivity index (χ0) is 13.5. The van der Waals surface area contributed by atoms with Gasteiger partial charge in [0.15, 0.2) is 0 Å². The van der Waals surface area contributed by atoms with Gasteiger partial charge < -0.3 is 5.32 Å². The molecule has 1 nitrogen and oxygen atoms in total. The molecule has 100 valence electrons. The quantitative estimate of drug-likeness (QED) is 0.840. The average molecular weight is 274 g/mol. The van der Waals surface area contributed by atoms with Gasteiger partial charge in [0, 0.05) is 5.02 Å². The van der Waals surface area contributed by atoms with Gasteiger partial charge in [0.2, 0.25) is 0 Å². The third kappa shape index (κ3) is 4.70. The van der Waals surface area contributed by atoms with Crippen LogP contribution in [0.15, 0.2) is 54.6 Å². The maximum atomic E-state index is 6.05. The van der Waals surface area contributed by atoms with Crippen molar-refractivity contribution in [3.63, 3.8) is 0 Å². The normalized spacial score (nSPS) is 12.3. The molecule has 2 aromatic rings. The molecular weight excluding hydrogens is 254 g/mol. The summed E-state index contributed by atoms with van der Waals surface area (Å²) in [4.78, 5) is 0. The number of hydrogen-bond acceptors (Lipinski definition) is 1. The predicted octanol–water partition coefficient (Wildman–Crippen LogP) is 3.96. The molecular formula is C17H20ClN. The Hall–Kier alpha value is -1.31. The Kier molecular flexibility index (Phi) is 5.44. The zero-order valence-electron chi connectivity index (χ0n) is 11.3. The fourth-order valence-corrected chi connectivity index (χ4v) is 2.66. The molecule has 2 rings (SSSR count). The maximum Gasteiger partial charge on any atom is 0.0408 e. The molecule has 0 aliphatic carbocycles. The van der Waals surface area contributed by atoms with Crippen LogP contribution in [0, 0.1) is 5.92 Å². The second-order valence-electron chi connectivity index (χ2n) is 4.95. The molecule has 1 unspecified atom stereocenters. The summed E-state index contributed by atoms with van der Waals surface area (Å²) >= 11 is 6.05. The Morgan fingerprint density at radius 1 is 0.947 bits per heavy atom. The number of nitrogens with one attached hydrogen (secondary N) is 1. The minimum absolute atomic E-state index is 0.589. The fraction of sp³-hybridized carbons (Fsp3) is 0.294. The summed E-state index contributed by atoms with van der Waals surface area (Å²) < 4.78 is 0. The summed E-state index contributed by atoms with van der Waals surface area (Å²) in [5, 5.41) is 4.11. The van der Waals surface area contributed by atoms with Gasteiger partial charge >= 0.3 is 0 Å². The van der Waals surface area contributed by atoms with Crippen LogP contribution in [0.5, 0.6) is 0 Å². The first-order chi connectivity index (χ1) is 9.28. The first-order valence-corrected chi connectivity index (χ1v) is 7.08. The third-order valence-corrected chi connectivity index (χ3v) is 3.51. The number of rotatable bonds is 6. The van der Waals surface area contributed by atoms with Crippen molar-refractivity contribution >= 4 is 11.6 Å². The summed E-state index contributed by atoms with van der Waals surface area (Å²) in [7, 11) is 2.01. The second kappa shape index (κ2) is 7.32. The van der Waals surface area contributed by atoms with Gasteiger partial charge in [-0.2, -0.15) is 0 Å². The molecule has 0 spiro atoms. The molecule has 0 aliphatic rings. The molecule has 0 aromatic heterocycles. The van der Waals surface area contributed by atoms with E-state index in [1.807, 2.05) is 19.2 Å². The smallest absolute Gasteiger partial charge is 0.0408 e. The molecule has 0 radical (unpaired) electrons. The molecule has 0 fully saturated rings. The Morgan fingerprint density at radius 3 is 2.32 bits per heavy atom. The van der Waals surface area contributed by atoms with E-state index in [4.69, 9.17) is 11.6 Å². The molecule has 0 bridgehead atoms. The van der Waals surface area contributed by atoms with Crippen LogP contribution in [0.1, 0.15) is 11.1 Å². The highest BCUT2D eigenvalue weighted by Gasteiger charge is 2.10. The Labute approximate surface area is 120 Å². The Morgan fingerprint density at radius 2 is 1.63 bits per heavy atom. The van der Waals surface area contributed by atoms with Gasteiger partial charge in [-0.05, 0) is 55.6 Å². The molecule has 0 amide bonds. The van der Waals surface area contributed by atoms with Crippen LogP contribution in [0.25, 0.3) is 0 Å². The van der Waals surface area contributed by atoms with Crippen molar-refractivity contribution in [3.8, 4) is 0 Å². The maximum absolute atomic E-state index is 6.05. The van der Waals surface area contributed by atoms with E-state index in [1.165, 1.54) is 11.1 Å². The fourth-order valence-electron chi connectivity index (χ4n) is 2.45. The van der Waals surface area contributed by atoms with Crippen molar-refractivity contribution in [2.75, 3.05) is 13.6 Å². The molecule has 0 saturated heterocycles. The van der Waals surface area contributed by atoms with Crippen molar-refractivity contribution in [1.29, 1.82) is 0 Å². The van der Waals surface area contributed by atoms with Gasteiger partial charge in [-0.25, -0.2) is 0 Å². The highest BCUT2D eigenvalue weighted by Crippen LogP contribution is 2.17. The lowest BCUT2D eigenvalue weighted by Crippen LogP contribution is -2.22. The van der Waals surface area contributed by atoms with Gasteiger partial charge in [0.05, 0.1) is 0 Å². The summed E-state index contributed by atoms with van der Waals surface area (Å²) in [6.45, 7) is 1.02. The highest BCUT2D eigenvalue weighted by molar-refractivity contribution is 6.30. The van der Waals surface area contributed by atoms with E-state index in [9.17, 15) is 0 Å². The molecule has 2 aromatic carbocycles. The first-order valence-electron chi connectivity index (χ1n) is 6.71. The van der Waals surface area contributed by atoms with E-state index in [1.54, 1.807) is 0 Å². The lowest BCUT2D eigenvalue weighted by atomic mass is 9.92. The number of halogens is 1. The van der Waals surface area contributed by atoms with Gasteiger partial charge in [-0.1, -0.05) is 54.1 Å². The van der Waals surface area contributed by atoms with E-state index >= 15 is 0 Å². The van der Waals surface area contributed by atoms with Crippen LogP contribution >= 0.6 is 11.6 Å². The minimum Gasteiger partial charge on any atom is -0.319 e. The zero-order valence-corrected chi connectivity index (χ0v) is 12.0. The van der Waals surface area contributed by atoms with Crippen LogP contribution in [0.2, 0.25) is 5.02 Å². The summed E-state index contributed by atoms with van der Waals surface area (Å²) in [6.07, 6.45) is 2.14. The van der Waals surface area contributed by atoms with Gasteiger partial charge in [-0.3, -0.25) is 0 Å². The van der Waals surface area contributed by atoms with Gasteiger partial charge in [0.1, 0.15) is 0 Å². The average Bonchev–Trinajstić information content (AvgIpc) is 2.40. The van der Waals surface area contributed by atoms with E-state index in [0.717, 1.165) is 24.4 Å². The van der Waals surface area contributed by atoms with Crippen molar-refractivity contribution < 1.29 is 0 Å². The largest absolute Gasteiger partial charge is 0.319 e. The molecule has 0 heterocycles. The molecule has 1 N–H and O–H groups in total. The highest BCUT2D eigenvalue weighted by atomic mass is 35.5. The van der Waals surface area contributed by atoms with Crippen LogP contribution in [0.3, 0.4) is 0 Å². The standard InChI is InChI=1S/C17H20ClN/c1-19-13-16(10-14-6-3-2-4-7-14)11-15-8-5-9-17(18)12-15/h2-9,12,16,19H,10-11,13H2,1H3. The predicted molar refractivity (Wildman–Crippen MR) is 82.7 cm³/mol. The lowest BCUT2D eigenvalue weighted by molar-refractivity contribution is 0.493. The van der Waals surface area contributed by atoms with Crippen LogP contribution in [0.4, 0.5) is 0 Å². The van der Waals surface area contributed by atoms with E-state index in [-0.39, 0.29) is 0 Å². The van der Waals surface area contributed by atoms with E-state index in [2.05, 4.69) is 47.8 Å². The van der Waals surface area contributed by atoms with Crippen LogP contribution in [-0.4, -0.2) is 13.6 Å². The summed E-state index contributed by atoms with van der Waals surface area (Å²) in [6, 6.07) is 18.8. The van der Waals surface area contributed by atoms with Crippen LogP contribution in [-0.2, 0) is 12.8 Å². The molecule has 1 atom stereocenters. The topological polar surface area (TPSA) is 12.0 Å². The molecule has 0 saturated carbocycles. The first kappa shape index (κ1) is 14.1. The van der Waals surface area contributed by atoms with E-state index < -0.39 is 0 Å². The van der Waals surface area contributed by atoms with Crippen LogP contribution < -0.4 is 5.32 Å². The molecule has 2 heteroatoms. The third-order valence-electron chi connectivity index (χ3n) is 3.27. The van der Waals surface area contributed by atoms with Crippen molar-refractivity contribution in [2.24, 2.45) is 5.92 Å². The number of hydrogen-bond donors (Lipinski definition) is 1. The second-order valence-corrected chi connectivity index (χ2v) is 5.38. The van der Waals surface area contributed by atoms with Gasteiger partial charge in [-0.15, -0.1) is 0 Å².